The highest BCUT2D eigenvalue weighted by atomic mass is 16.3. The number of hydrogen-bond donors (Lipinski definition) is 3. The van der Waals surface area contributed by atoms with E-state index in [0.29, 0.717) is 11.4 Å². The number of aromatic hydroxyl groups is 1. The summed E-state index contributed by atoms with van der Waals surface area (Å²) in [5.41, 5.74) is 2.08. The van der Waals surface area contributed by atoms with Crippen molar-refractivity contribution in [2.24, 2.45) is 0 Å². The molecule has 19 heavy (non-hydrogen) atoms. The number of H-pyrrole nitrogens is 1. The number of phenols is 1. The summed E-state index contributed by atoms with van der Waals surface area (Å²) in [5.74, 6) is -0.0366. The molecule has 0 fully saturated rings. The number of rotatable bonds is 2. The van der Waals surface area contributed by atoms with Gasteiger partial charge in [0.15, 0.2) is 0 Å². The zero-order valence-electron chi connectivity index (χ0n) is 10.1. The number of hydrogen-bond acceptors (Lipinski definition) is 2. The first-order chi connectivity index (χ1) is 9.22. The van der Waals surface area contributed by atoms with E-state index < -0.39 is 0 Å². The van der Waals surface area contributed by atoms with Gasteiger partial charge in [-0.3, -0.25) is 4.79 Å². The minimum absolute atomic E-state index is 0.170. The summed E-state index contributed by atoms with van der Waals surface area (Å²) in [6, 6.07) is 15.9. The van der Waals surface area contributed by atoms with E-state index >= 15 is 0 Å². The first-order valence-corrected chi connectivity index (χ1v) is 5.90. The maximum atomic E-state index is 12.1. The lowest BCUT2D eigenvalue weighted by Gasteiger charge is -2.03. The number of aromatic amines is 1. The number of nitrogens with one attached hydrogen (secondary N) is 2. The van der Waals surface area contributed by atoms with Crippen LogP contribution in [0, 0.1) is 0 Å². The van der Waals surface area contributed by atoms with Crippen LogP contribution in [0.3, 0.4) is 0 Å². The van der Waals surface area contributed by atoms with Gasteiger partial charge in [0.05, 0.1) is 0 Å². The van der Waals surface area contributed by atoms with Gasteiger partial charge >= 0.3 is 0 Å². The quantitative estimate of drug-likeness (QED) is 0.613. The third-order valence-corrected chi connectivity index (χ3v) is 2.90. The summed E-state index contributed by atoms with van der Waals surface area (Å²) in [4.78, 5) is 15.1. The van der Waals surface area contributed by atoms with Crippen molar-refractivity contribution in [2.45, 2.75) is 0 Å². The largest absolute Gasteiger partial charge is 0.508 e. The Labute approximate surface area is 109 Å². The van der Waals surface area contributed by atoms with Gasteiger partial charge in [0.25, 0.3) is 5.91 Å². The molecular formula is C15H12N2O2. The van der Waals surface area contributed by atoms with E-state index in [4.69, 9.17) is 0 Å². The van der Waals surface area contributed by atoms with Crippen molar-refractivity contribution < 1.29 is 9.90 Å². The van der Waals surface area contributed by atoms with Gasteiger partial charge < -0.3 is 15.4 Å². The lowest BCUT2D eigenvalue weighted by atomic mass is 10.2. The second kappa shape index (κ2) is 4.49. The number of para-hydroxylation sites is 1. The highest BCUT2D eigenvalue weighted by Crippen LogP contribution is 2.17. The molecule has 4 nitrogen and oxygen atoms in total. The molecule has 0 aliphatic heterocycles. The third-order valence-electron chi connectivity index (χ3n) is 2.90. The second-order valence-corrected chi connectivity index (χ2v) is 4.27. The second-order valence-electron chi connectivity index (χ2n) is 4.27. The van der Waals surface area contributed by atoms with Crippen LogP contribution in [-0.4, -0.2) is 16.0 Å². The van der Waals surface area contributed by atoms with Crippen molar-refractivity contribution in [3.63, 3.8) is 0 Å². The minimum Gasteiger partial charge on any atom is -0.508 e. The molecule has 3 aromatic rings. The fraction of sp³-hybridized carbons (Fsp3) is 0. The van der Waals surface area contributed by atoms with Crippen molar-refractivity contribution in [1.82, 2.24) is 4.98 Å². The topological polar surface area (TPSA) is 65.1 Å². The van der Waals surface area contributed by atoms with Crippen molar-refractivity contribution in [3.8, 4) is 5.75 Å². The molecule has 0 saturated carbocycles. The van der Waals surface area contributed by atoms with E-state index in [9.17, 15) is 9.90 Å². The molecule has 0 aliphatic rings. The highest BCUT2D eigenvalue weighted by Gasteiger charge is 2.09. The number of benzene rings is 2. The Morgan fingerprint density at radius 1 is 1.05 bits per heavy atom. The van der Waals surface area contributed by atoms with Gasteiger partial charge in [0.2, 0.25) is 0 Å². The number of anilines is 1. The van der Waals surface area contributed by atoms with Crippen LogP contribution in [0.2, 0.25) is 0 Å². The molecule has 0 spiro atoms. The molecule has 0 bridgehead atoms. The number of amides is 1. The minimum atomic E-state index is -0.207. The monoisotopic (exact) mass is 252 g/mol. The molecule has 94 valence electrons. The zero-order valence-corrected chi connectivity index (χ0v) is 10.1. The van der Waals surface area contributed by atoms with Crippen LogP contribution in [0.1, 0.15) is 10.5 Å². The van der Waals surface area contributed by atoms with Gasteiger partial charge in [-0.15, -0.1) is 0 Å². The number of fused-ring (bicyclic) bond motifs is 1. The molecule has 0 aliphatic carbocycles. The molecule has 1 aromatic heterocycles. The van der Waals surface area contributed by atoms with Crippen molar-refractivity contribution in [2.75, 3.05) is 5.32 Å². The van der Waals surface area contributed by atoms with E-state index in [-0.39, 0.29) is 11.7 Å². The number of carbonyl (C=O) groups is 1. The van der Waals surface area contributed by atoms with E-state index in [0.717, 1.165) is 10.9 Å². The highest BCUT2D eigenvalue weighted by molar-refractivity contribution is 6.05. The molecule has 0 unspecified atom stereocenters. The Kier molecular flexibility index (Phi) is 2.68. The molecule has 1 heterocycles. The van der Waals surface area contributed by atoms with Crippen LogP contribution in [0.5, 0.6) is 5.75 Å². The third kappa shape index (κ3) is 2.28. The molecule has 0 saturated heterocycles. The van der Waals surface area contributed by atoms with E-state index in [1.165, 1.54) is 12.1 Å². The van der Waals surface area contributed by atoms with Gasteiger partial charge in [-0.2, -0.15) is 0 Å². The Bertz CT molecular complexity index is 696. The van der Waals surface area contributed by atoms with E-state index in [1.54, 1.807) is 12.1 Å². The van der Waals surface area contributed by atoms with Crippen LogP contribution in [0.15, 0.2) is 54.6 Å². The molecule has 3 N–H and O–H groups in total. The van der Waals surface area contributed by atoms with Gasteiger partial charge in [0, 0.05) is 16.6 Å². The van der Waals surface area contributed by atoms with Crippen molar-refractivity contribution in [1.29, 1.82) is 0 Å². The van der Waals surface area contributed by atoms with Crippen LogP contribution < -0.4 is 5.32 Å². The Balaban J connectivity index is 1.85. The molecule has 0 atom stereocenters. The van der Waals surface area contributed by atoms with Crippen LogP contribution >= 0.6 is 0 Å². The number of phenolic OH excluding ortho intramolecular Hbond substituents is 1. The lowest BCUT2D eigenvalue weighted by Crippen LogP contribution is -2.11. The molecule has 3 rings (SSSR count). The molecule has 0 radical (unpaired) electrons. The predicted octanol–water partition coefficient (Wildman–Crippen LogP) is 3.13. The lowest BCUT2D eigenvalue weighted by molar-refractivity contribution is 0.102. The normalized spacial score (nSPS) is 10.5. The first kappa shape index (κ1) is 11.3. The summed E-state index contributed by atoms with van der Waals surface area (Å²) in [5, 5.41) is 12.9. The average Bonchev–Trinajstić information content (AvgIpc) is 2.85. The van der Waals surface area contributed by atoms with E-state index in [1.807, 2.05) is 30.3 Å². The maximum absolute atomic E-state index is 12.1. The van der Waals surface area contributed by atoms with Gasteiger partial charge in [-0.1, -0.05) is 18.2 Å². The Hall–Kier alpha value is -2.75. The number of carbonyl (C=O) groups excluding carboxylic acids is 1. The summed E-state index contributed by atoms with van der Waals surface area (Å²) >= 11 is 0. The fourth-order valence-corrected chi connectivity index (χ4v) is 1.94. The molecule has 1 amide bonds. The van der Waals surface area contributed by atoms with Gasteiger partial charge in [-0.05, 0) is 36.4 Å². The fourth-order valence-electron chi connectivity index (χ4n) is 1.94. The number of aromatic nitrogens is 1. The van der Waals surface area contributed by atoms with Crippen LogP contribution in [0.25, 0.3) is 10.9 Å². The van der Waals surface area contributed by atoms with Crippen molar-refractivity contribution in [3.05, 3.63) is 60.3 Å². The van der Waals surface area contributed by atoms with E-state index in [2.05, 4.69) is 10.3 Å². The van der Waals surface area contributed by atoms with Crippen LogP contribution in [-0.2, 0) is 0 Å². The first-order valence-electron chi connectivity index (χ1n) is 5.90. The van der Waals surface area contributed by atoms with Crippen LogP contribution in [0.4, 0.5) is 5.69 Å². The summed E-state index contributed by atoms with van der Waals surface area (Å²) in [6.45, 7) is 0. The van der Waals surface area contributed by atoms with Gasteiger partial charge in [0.1, 0.15) is 11.4 Å². The Morgan fingerprint density at radius 3 is 2.53 bits per heavy atom. The zero-order chi connectivity index (χ0) is 13.2. The molecule has 2 aromatic carbocycles. The molecular weight excluding hydrogens is 240 g/mol. The average molecular weight is 252 g/mol. The maximum Gasteiger partial charge on any atom is 0.272 e. The Morgan fingerprint density at radius 2 is 1.79 bits per heavy atom. The standard InChI is InChI=1S/C15H12N2O2/c18-12-7-5-11(6-8-12)16-15(19)14-9-10-3-1-2-4-13(10)17-14/h1-9,17-18H,(H,16,19). The SMILES string of the molecule is O=C(Nc1ccc(O)cc1)c1cc2ccccc2[nH]1. The van der Waals surface area contributed by atoms with Gasteiger partial charge in [-0.25, -0.2) is 0 Å². The molecule has 4 heteroatoms. The summed E-state index contributed by atoms with van der Waals surface area (Å²) in [7, 11) is 0. The van der Waals surface area contributed by atoms with Crippen molar-refractivity contribution >= 4 is 22.5 Å². The summed E-state index contributed by atoms with van der Waals surface area (Å²) < 4.78 is 0. The summed E-state index contributed by atoms with van der Waals surface area (Å²) in [6.07, 6.45) is 0. The predicted molar refractivity (Wildman–Crippen MR) is 74.4 cm³/mol. The smallest absolute Gasteiger partial charge is 0.272 e.